The molecule has 6 heteroatoms. The molecule has 2 nitrogen and oxygen atoms in total. The first-order valence-corrected chi connectivity index (χ1v) is 5.14. The van der Waals surface area contributed by atoms with E-state index in [2.05, 4.69) is 15.9 Å². The number of halogens is 4. The van der Waals surface area contributed by atoms with E-state index >= 15 is 0 Å². The third-order valence-corrected chi connectivity index (χ3v) is 2.78. The van der Waals surface area contributed by atoms with Crippen molar-refractivity contribution in [2.45, 2.75) is 18.5 Å². The lowest BCUT2D eigenvalue weighted by atomic mass is 9.95. The highest BCUT2D eigenvalue weighted by molar-refractivity contribution is 9.10. The molecule has 0 spiro atoms. The van der Waals surface area contributed by atoms with Crippen molar-refractivity contribution in [2.24, 2.45) is 0 Å². The number of hydrogen-bond donors (Lipinski definition) is 1. The number of aliphatic carboxylic acids is 1. The molecule has 1 aromatic rings. The van der Waals surface area contributed by atoms with E-state index < -0.39 is 24.5 Å². The van der Waals surface area contributed by atoms with Crippen LogP contribution in [0.1, 0.15) is 17.9 Å². The normalized spacial score (nSPS) is 13.5. The Morgan fingerprint density at radius 2 is 1.94 bits per heavy atom. The third kappa shape index (κ3) is 3.23. The van der Waals surface area contributed by atoms with Gasteiger partial charge >= 0.3 is 12.1 Å². The zero-order valence-corrected chi connectivity index (χ0v) is 9.55. The minimum Gasteiger partial charge on any atom is -0.481 e. The highest BCUT2D eigenvalue weighted by Crippen LogP contribution is 2.40. The van der Waals surface area contributed by atoms with Crippen molar-refractivity contribution in [2.75, 3.05) is 0 Å². The lowest BCUT2D eigenvalue weighted by Crippen LogP contribution is -2.23. The molecule has 0 aliphatic carbocycles. The summed E-state index contributed by atoms with van der Waals surface area (Å²) in [5.74, 6) is -3.46. The zero-order valence-electron chi connectivity index (χ0n) is 7.96. The Hall–Kier alpha value is -1.04. The van der Waals surface area contributed by atoms with E-state index in [-0.39, 0.29) is 10.0 Å². The number of carbonyl (C=O) groups is 1. The Balaban J connectivity index is 3.12. The van der Waals surface area contributed by atoms with Crippen molar-refractivity contribution in [1.29, 1.82) is 0 Å². The SMILES string of the molecule is O=C(O)CC(c1ccccc1Br)C(F)(F)F. The van der Waals surface area contributed by atoms with E-state index in [1.165, 1.54) is 18.2 Å². The van der Waals surface area contributed by atoms with Crippen LogP contribution in [-0.4, -0.2) is 17.3 Å². The molecule has 0 aliphatic rings. The van der Waals surface area contributed by atoms with Gasteiger partial charge in [0, 0.05) is 4.47 Å². The molecule has 0 aromatic heterocycles. The minimum absolute atomic E-state index is 0.0580. The van der Waals surface area contributed by atoms with Crippen LogP contribution in [0.15, 0.2) is 28.7 Å². The lowest BCUT2D eigenvalue weighted by Gasteiger charge is -2.19. The predicted octanol–water partition coefficient (Wildman–Crippen LogP) is 3.57. The summed E-state index contributed by atoms with van der Waals surface area (Å²) in [6.45, 7) is 0. The molecular formula is C10H8BrF3O2. The van der Waals surface area contributed by atoms with Gasteiger partial charge < -0.3 is 5.11 Å². The van der Waals surface area contributed by atoms with Gasteiger partial charge in [0.2, 0.25) is 0 Å². The van der Waals surface area contributed by atoms with E-state index in [9.17, 15) is 18.0 Å². The summed E-state index contributed by atoms with van der Waals surface area (Å²) in [4.78, 5) is 10.4. The fraction of sp³-hybridized carbons (Fsp3) is 0.300. The highest BCUT2D eigenvalue weighted by Gasteiger charge is 2.42. The summed E-state index contributed by atoms with van der Waals surface area (Å²) in [6, 6.07) is 5.74. The molecule has 1 N–H and O–H groups in total. The van der Waals surface area contributed by atoms with Crippen LogP contribution in [-0.2, 0) is 4.79 Å². The molecule has 1 aromatic carbocycles. The first kappa shape index (κ1) is 13.0. The van der Waals surface area contributed by atoms with Crippen molar-refractivity contribution >= 4 is 21.9 Å². The maximum absolute atomic E-state index is 12.7. The number of carboxylic acids is 1. The van der Waals surface area contributed by atoms with Crippen LogP contribution in [0, 0.1) is 0 Å². The molecule has 0 saturated heterocycles. The van der Waals surface area contributed by atoms with Crippen molar-refractivity contribution in [3.63, 3.8) is 0 Å². The van der Waals surface area contributed by atoms with Crippen LogP contribution >= 0.6 is 15.9 Å². The van der Waals surface area contributed by atoms with E-state index in [4.69, 9.17) is 5.11 Å². The first-order valence-electron chi connectivity index (χ1n) is 4.35. The molecule has 1 unspecified atom stereocenters. The van der Waals surface area contributed by atoms with Gasteiger partial charge in [-0.2, -0.15) is 13.2 Å². The molecule has 1 atom stereocenters. The van der Waals surface area contributed by atoms with Crippen LogP contribution in [0.25, 0.3) is 0 Å². The molecule has 0 fully saturated rings. The summed E-state index contributed by atoms with van der Waals surface area (Å²) in [7, 11) is 0. The number of benzene rings is 1. The van der Waals surface area contributed by atoms with Crippen LogP contribution in [0.2, 0.25) is 0 Å². The second-order valence-electron chi connectivity index (χ2n) is 3.21. The maximum atomic E-state index is 12.7. The first-order chi connectivity index (χ1) is 7.32. The van der Waals surface area contributed by atoms with Gasteiger partial charge in [-0.25, -0.2) is 0 Å². The van der Waals surface area contributed by atoms with E-state index in [0.717, 1.165) is 0 Å². The summed E-state index contributed by atoms with van der Waals surface area (Å²) in [5, 5.41) is 8.48. The molecule has 0 saturated carbocycles. The van der Waals surface area contributed by atoms with Gasteiger partial charge in [-0.3, -0.25) is 4.79 Å². The third-order valence-electron chi connectivity index (χ3n) is 2.05. The molecule has 0 amide bonds. The van der Waals surface area contributed by atoms with Gasteiger partial charge in [-0.05, 0) is 11.6 Å². The number of carboxylic acid groups (broad SMARTS) is 1. The van der Waals surface area contributed by atoms with Crippen LogP contribution in [0.3, 0.4) is 0 Å². The van der Waals surface area contributed by atoms with E-state index in [0.29, 0.717) is 0 Å². The molecule has 0 heterocycles. The monoisotopic (exact) mass is 296 g/mol. The summed E-state index contributed by atoms with van der Waals surface area (Å²) < 4.78 is 38.2. The Morgan fingerprint density at radius 3 is 2.38 bits per heavy atom. The Kier molecular flexibility index (Phi) is 3.96. The van der Waals surface area contributed by atoms with Gasteiger partial charge in [0.25, 0.3) is 0 Å². The second-order valence-corrected chi connectivity index (χ2v) is 4.07. The van der Waals surface area contributed by atoms with Crippen molar-refractivity contribution in [3.8, 4) is 0 Å². The second kappa shape index (κ2) is 4.86. The van der Waals surface area contributed by atoms with E-state index in [1.807, 2.05) is 0 Å². The van der Waals surface area contributed by atoms with Gasteiger partial charge in [0.15, 0.2) is 0 Å². The molecule has 88 valence electrons. The van der Waals surface area contributed by atoms with Crippen molar-refractivity contribution < 1.29 is 23.1 Å². The number of rotatable bonds is 3. The maximum Gasteiger partial charge on any atom is 0.396 e. The van der Waals surface area contributed by atoms with Gasteiger partial charge in [-0.1, -0.05) is 34.1 Å². The smallest absolute Gasteiger partial charge is 0.396 e. The fourth-order valence-corrected chi connectivity index (χ4v) is 1.90. The molecular weight excluding hydrogens is 289 g/mol. The van der Waals surface area contributed by atoms with Gasteiger partial charge in [-0.15, -0.1) is 0 Å². The van der Waals surface area contributed by atoms with Crippen LogP contribution in [0.4, 0.5) is 13.2 Å². The Morgan fingerprint density at radius 1 is 1.38 bits per heavy atom. The number of hydrogen-bond acceptors (Lipinski definition) is 1. The highest BCUT2D eigenvalue weighted by atomic mass is 79.9. The summed E-state index contributed by atoms with van der Waals surface area (Å²) >= 11 is 2.99. The summed E-state index contributed by atoms with van der Waals surface area (Å²) in [6.07, 6.45) is -5.53. The lowest BCUT2D eigenvalue weighted by molar-refractivity contribution is -0.163. The van der Waals surface area contributed by atoms with E-state index in [1.54, 1.807) is 6.07 Å². The molecule has 1 rings (SSSR count). The predicted molar refractivity (Wildman–Crippen MR) is 55.2 cm³/mol. The number of alkyl halides is 3. The molecule has 0 bridgehead atoms. The molecule has 16 heavy (non-hydrogen) atoms. The Labute approximate surface area is 98.2 Å². The zero-order chi connectivity index (χ0) is 12.3. The largest absolute Gasteiger partial charge is 0.481 e. The average molecular weight is 297 g/mol. The fourth-order valence-electron chi connectivity index (χ4n) is 1.33. The van der Waals surface area contributed by atoms with Crippen LogP contribution in [0.5, 0.6) is 0 Å². The van der Waals surface area contributed by atoms with Gasteiger partial charge in [0.1, 0.15) is 0 Å². The van der Waals surface area contributed by atoms with Gasteiger partial charge in [0.05, 0.1) is 12.3 Å². The van der Waals surface area contributed by atoms with Crippen molar-refractivity contribution in [3.05, 3.63) is 34.3 Å². The topological polar surface area (TPSA) is 37.3 Å². The molecule has 0 radical (unpaired) electrons. The average Bonchev–Trinajstić information content (AvgIpc) is 2.13. The standard InChI is InChI=1S/C10H8BrF3O2/c11-8-4-2-1-3-6(8)7(5-9(15)16)10(12,13)14/h1-4,7H,5H2,(H,15,16). The summed E-state index contributed by atoms with van der Waals surface area (Å²) in [5.41, 5.74) is -0.0580. The van der Waals surface area contributed by atoms with Crippen molar-refractivity contribution in [1.82, 2.24) is 0 Å². The minimum atomic E-state index is -4.57. The quantitative estimate of drug-likeness (QED) is 0.926. The molecule has 0 aliphatic heterocycles. The Bertz CT molecular complexity index is 390. The van der Waals surface area contributed by atoms with Crippen LogP contribution < -0.4 is 0 Å².